The van der Waals surface area contributed by atoms with Gasteiger partial charge in [0.05, 0.1) is 11.4 Å². The van der Waals surface area contributed by atoms with E-state index in [-0.39, 0.29) is 0 Å². The van der Waals surface area contributed by atoms with E-state index in [9.17, 15) is 0 Å². The van der Waals surface area contributed by atoms with E-state index < -0.39 is 0 Å². The van der Waals surface area contributed by atoms with Crippen LogP contribution in [0.25, 0.3) is 88.6 Å². The molecule has 0 atom stereocenters. The quantitative estimate of drug-likeness (QED) is 0.170. The largest absolute Gasteiger partial charge is 0.256 e. The van der Waals surface area contributed by atoms with Crippen LogP contribution in [0.5, 0.6) is 0 Å². The Hall–Kier alpha value is -6.64. The van der Waals surface area contributed by atoms with Crippen LogP contribution in [0.2, 0.25) is 0 Å². The smallest absolute Gasteiger partial charge is 0.0701 e. The molecule has 0 fully saturated rings. The highest BCUT2D eigenvalue weighted by Gasteiger charge is 2.18. The molecule has 9 aromatic rings. The molecule has 0 bridgehead atoms. The minimum Gasteiger partial charge on any atom is -0.256 e. The maximum Gasteiger partial charge on any atom is 0.0701 e. The fourth-order valence-electron chi connectivity index (χ4n) is 7.15. The van der Waals surface area contributed by atoms with Crippen LogP contribution in [0.3, 0.4) is 0 Å². The van der Waals surface area contributed by atoms with E-state index in [1.54, 1.807) is 0 Å². The molecular weight excluding hydrogens is 605 g/mol. The summed E-state index contributed by atoms with van der Waals surface area (Å²) in [5.41, 5.74) is 13.8. The molecule has 0 saturated heterocycles. The average molecular weight is 637 g/mol. The minimum absolute atomic E-state index is 0.978. The first-order valence-electron chi connectivity index (χ1n) is 17.0. The predicted octanol–water partition coefficient (Wildman–Crippen LogP) is 12.8. The number of fused-ring (bicyclic) bond motifs is 2. The van der Waals surface area contributed by atoms with Gasteiger partial charge in [0.1, 0.15) is 0 Å². The first-order valence-corrected chi connectivity index (χ1v) is 17.0. The lowest BCUT2D eigenvalue weighted by atomic mass is 9.84. The molecule has 0 saturated carbocycles. The molecule has 0 aliphatic carbocycles. The fourth-order valence-corrected chi connectivity index (χ4v) is 7.15. The Labute approximate surface area is 292 Å². The Morgan fingerprint density at radius 2 is 0.600 bits per heavy atom. The summed E-state index contributed by atoms with van der Waals surface area (Å²) in [6, 6.07) is 65.1. The molecule has 2 nitrogen and oxygen atoms in total. The van der Waals surface area contributed by atoms with Crippen LogP contribution >= 0.6 is 0 Å². The maximum atomic E-state index is 4.54. The highest BCUT2D eigenvalue weighted by atomic mass is 14.7. The lowest BCUT2D eigenvalue weighted by Gasteiger charge is -2.19. The molecule has 234 valence electrons. The van der Waals surface area contributed by atoms with Crippen LogP contribution in [0, 0.1) is 0 Å². The van der Waals surface area contributed by atoms with Crippen LogP contribution in [-0.4, -0.2) is 9.97 Å². The molecule has 0 N–H and O–H groups in total. The van der Waals surface area contributed by atoms with Crippen LogP contribution in [-0.2, 0) is 0 Å². The summed E-state index contributed by atoms with van der Waals surface area (Å²) in [6.07, 6.45) is 3.68. The Bertz CT molecular complexity index is 2390. The zero-order valence-corrected chi connectivity index (χ0v) is 27.4. The molecule has 0 spiro atoms. The molecule has 50 heavy (non-hydrogen) atoms. The van der Waals surface area contributed by atoms with Crippen molar-refractivity contribution in [3.05, 3.63) is 194 Å². The van der Waals surface area contributed by atoms with Crippen molar-refractivity contribution in [2.75, 3.05) is 0 Å². The summed E-state index contributed by atoms with van der Waals surface area (Å²) >= 11 is 0. The van der Waals surface area contributed by atoms with Crippen molar-refractivity contribution in [2.45, 2.75) is 0 Å². The van der Waals surface area contributed by atoms with Gasteiger partial charge in [-0.15, -0.1) is 0 Å². The molecule has 2 heterocycles. The number of pyridine rings is 2. The van der Waals surface area contributed by atoms with Gasteiger partial charge in [-0.25, -0.2) is 0 Å². The predicted molar refractivity (Wildman–Crippen MR) is 210 cm³/mol. The molecule has 9 rings (SSSR count). The number of rotatable bonds is 6. The van der Waals surface area contributed by atoms with Gasteiger partial charge >= 0.3 is 0 Å². The third-order valence-corrected chi connectivity index (χ3v) is 9.60. The highest BCUT2D eigenvalue weighted by Crippen LogP contribution is 2.46. The molecule has 2 aromatic heterocycles. The topological polar surface area (TPSA) is 25.8 Å². The van der Waals surface area contributed by atoms with Gasteiger partial charge in [0.15, 0.2) is 0 Å². The van der Waals surface area contributed by atoms with Crippen molar-refractivity contribution in [3.63, 3.8) is 0 Å². The molecule has 0 aliphatic rings. The molecular formula is C48H32N2. The number of hydrogen-bond acceptors (Lipinski definition) is 2. The van der Waals surface area contributed by atoms with Crippen molar-refractivity contribution < 1.29 is 0 Å². The first kappa shape index (κ1) is 29.5. The summed E-state index contributed by atoms with van der Waals surface area (Å²) in [4.78, 5) is 9.09. The lowest BCUT2D eigenvalue weighted by Crippen LogP contribution is -1.92. The van der Waals surface area contributed by atoms with Gasteiger partial charge < -0.3 is 0 Å². The maximum absolute atomic E-state index is 4.54. The number of aromatic nitrogens is 2. The highest BCUT2D eigenvalue weighted by molar-refractivity contribution is 6.22. The van der Waals surface area contributed by atoms with Crippen LogP contribution in [0.4, 0.5) is 0 Å². The molecule has 0 radical (unpaired) electrons. The Morgan fingerprint density at radius 3 is 0.980 bits per heavy atom. The summed E-state index contributed by atoms with van der Waals surface area (Å²) in [6.45, 7) is 0. The van der Waals surface area contributed by atoms with E-state index in [0.29, 0.717) is 0 Å². The lowest BCUT2D eigenvalue weighted by molar-refractivity contribution is 1.33. The Kier molecular flexibility index (Phi) is 7.53. The zero-order chi connectivity index (χ0) is 33.3. The monoisotopic (exact) mass is 636 g/mol. The van der Waals surface area contributed by atoms with Crippen LogP contribution in [0.1, 0.15) is 0 Å². The van der Waals surface area contributed by atoms with Crippen LogP contribution in [0.15, 0.2) is 194 Å². The van der Waals surface area contributed by atoms with Gasteiger partial charge in [0.25, 0.3) is 0 Å². The van der Waals surface area contributed by atoms with Crippen molar-refractivity contribution in [2.24, 2.45) is 0 Å². The van der Waals surface area contributed by atoms with E-state index in [2.05, 4.69) is 168 Å². The third-order valence-electron chi connectivity index (χ3n) is 9.60. The molecule has 0 amide bonds. The SMILES string of the molecule is c1ccc(-c2c3ccc(-c4ccc(-c5ccccn5)cc4)cc3c(-c3ccccc3)c3ccc(-c4ccc(-c5ccccn5)cc4)cc23)cc1. The number of benzene rings is 7. The van der Waals surface area contributed by atoms with Gasteiger partial charge in [0, 0.05) is 23.5 Å². The molecule has 2 heteroatoms. The van der Waals surface area contributed by atoms with Gasteiger partial charge in [-0.1, -0.05) is 146 Å². The van der Waals surface area contributed by atoms with Gasteiger partial charge in [-0.05, 0) is 102 Å². The van der Waals surface area contributed by atoms with E-state index in [0.717, 1.165) is 22.5 Å². The standard InChI is InChI=1S/C48H32N2/c1-3-11-37(12-4-1)47-41-27-25-40(34-19-23-36(24-20-34)46-16-8-10-30-50-46)32-44(41)48(38-13-5-2-6-14-38)42-28-26-39(31-43(42)47)33-17-21-35(22-18-33)45-15-7-9-29-49-45/h1-32H. The molecule has 0 aliphatic heterocycles. The fraction of sp³-hybridized carbons (Fsp3) is 0. The second-order valence-corrected chi connectivity index (χ2v) is 12.6. The summed E-state index contributed by atoms with van der Waals surface area (Å²) in [5, 5.41) is 4.95. The van der Waals surface area contributed by atoms with Gasteiger partial charge in [-0.3, -0.25) is 9.97 Å². The normalized spacial score (nSPS) is 11.2. The molecule has 7 aromatic carbocycles. The second-order valence-electron chi connectivity index (χ2n) is 12.6. The minimum atomic E-state index is 0.978. The van der Waals surface area contributed by atoms with E-state index in [1.165, 1.54) is 66.1 Å². The summed E-state index contributed by atoms with van der Waals surface area (Å²) < 4.78 is 0. The Balaban J connectivity index is 1.26. The first-order chi connectivity index (χ1) is 24.8. The summed E-state index contributed by atoms with van der Waals surface area (Å²) in [5.74, 6) is 0. The number of nitrogens with zero attached hydrogens (tertiary/aromatic N) is 2. The van der Waals surface area contributed by atoms with E-state index in [1.807, 2.05) is 36.7 Å². The Morgan fingerprint density at radius 1 is 0.240 bits per heavy atom. The zero-order valence-electron chi connectivity index (χ0n) is 27.4. The average Bonchev–Trinajstić information content (AvgIpc) is 3.21. The summed E-state index contributed by atoms with van der Waals surface area (Å²) in [7, 11) is 0. The molecule has 0 unspecified atom stereocenters. The number of hydrogen-bond donors (Lipinski definition) is 0. The van der Waals surface area contributed by atoms with Crippen molar-refractivity contribution in [1.82, 2.24) is 9.97 Å². The van der Waals surface area contributed by atoms with Crippen molar-refractivity contribution in [3.8, 4) is 67.0 Å². The van der Waals surface area contributed by atoms with E-state index >= 15 is 0 Å². The third kappa shape index (κ3) is 5.43. The van der Waals surface area contributed by atoms with Gasteiger partial charge in [-0.2, -0.15) is 0 Å². The van der Waals surface area contributed by atoms with Crippen molar-refractivity contribution >= 4 is 21.5 Å². The van der Waals surface area contributed by atoms with Crippen LogP contribution < -0.4 is 0 Å². The second kappa shape index (κ2) is 12.8. The van der Waals surface area contributed by atoms with Crippen molar-refractivity contribution in [1.29, 1.82) is 0 Å². The van der Waals surface area contributed by atoms with Gasteiger partial charge in [0.2, 0.25) is 0 Å². The van der Waals surface area contributed by atoms with E-state index in [4.69, 9.17) is 0 Å².